The summed E-state index contributed by atoms with van der Waals surface area (Å²) in [4.78, 5) is 0. The number of thiophene rings is 1. The number of aromatic hydroxyl groups is 1. The maximum absolute atomic E-state index is 9.39. The summed E-state index contributed by atoms with van der Waals surface area (Å²) in [6.45, 7) is 1.08. The second-order valence-electron chi connectivity index (χ2n) is 2.83. The van der Waals surface area contributed by atoms with Crippen LogP contribution < -0.4 is 5.32 Å². The topological polar surface area (TPSA) is 32.3 Å². The van der Waals surface area contributed by atoms with E-state index >= 15 is 0 Å². The highest BCUT2D eigenvalue weighted by molar-refractivity contribution is 7.11. The van der Waals surface area contributed by atoms with Crippen LogP contribution in [0.5, 0.6) is 5.06 Å². The molecular formula is C8H11NOS. The normalized spacial score (nSPS) is 24.2. The molecule has 1 aromatic heterocycles. The van der Waals surface area contributed by atoms with Crippen LogP contribution in [-0.4, -0.2) is 11.7 Å². The fourth-order valence-electron chi connectivity index (χ4n) is 1.53. The van der Waals surface area contributed by atoms with Crippen LogP contribution in [0.4, 0.5) is 0 Å². The summed E-state index contributed by atoms with van der Waals surface area (Å²) in [7, 11) is 0. The zero-order valence-electron chi connectivity index (χ0n) is 6.21. The Balaban J connectivity index is 2.21. The lowest BCUT2D eigenvalue weighted by Crippen LogP contribution is -2.11. The molecule has 1 aliphatic rings. The van der Waals surface area contributed by atoms with E-state index in [2.05, 4.69) is 5.32 Å². The third kappa shape index (κ3) is 1.26. The Bertz CT molecular complexity index is 240. The third-order valence-electron chi connectivity index (χ3n) is 2.11. The zero-order valence-corrected chi connectivity index (χ0v) is 7.03. The smallest absolute Gasteiger partial charge is 0.175 e. The highest BCUT2D eigenvalue weighted by Gasteiger charge is 2.19. The molecule has 0 aliphatic carbocycles. The summed E-state index contributed by atoms with van der Waals surface area (Å²) in [6, 6.07) is 2.41. The van der Waals surface area contributed by atoms with Crippen molar-refractivity contribution in [2.75, 3.05) is 6.54 Å². The molecule has 1 saturated heterocycles. The minimum Gasteiger partial charge on any atom is -0.499 e. The monoisotopic (exact) mass is 169 g/mol. The molecule has 0 bridgehead atoms. The van der Waals surface area contributed by atoms with Gasteiger partial charge in [0.2, 0.25) is 0 Å². The Morgan fingerprint density at radius 2 is 2.55 bits per heavy atom. The van der Waals surface area contributed by atoms with Crippen LogP contribution >= 0.6 is 11.3 Å². The van der Waals surface area contributed by atoms with E-state index in [0.717, 1.165) is 18.5 Å². The molecule has 2 rings (SSSR count). The van der Waals surface area contributed by atoms with Gasteiger partial charge in [-0.3, -0.25) is 0 Å². The number of hydrogen-bond donors (Lipinski definition) is 2. The molecule has 1 aromatic rings. The molecule has 60 valence electrons. The minimum absolute atomic E-state index is 0.404. The fraction of sp³-hybridized carbons (Fsp3) is 0.500. The Hall–Kier alpha value is -0.540. The van der Waals surface area contributed by atoms with Gasteiger partial charge in [-0.15, -0.1) is 11.3 Å². The van der Waals surface area contributed by atoms with Crippen molar-refractivity contribution in [2.24, 2.45) is 0 Å². The van der Waals surface area contributed by atoms with E-state index in [0.29, 0.717) is 11.1 Å². The Morgan fingerprint density at radius 1 is 1.64 bits per heavy atom. The van der Waals surface area contributed by atoms with Crippen LogP contribution in [0.2, 0.25) is 0 Å². The van der Waals surface area contributed by atoms with Gasteiger partial charge >= 0.3 is 0 Å². The quantitative estimate of drug-likeness (QED) is 0.672. The molecule has 0 aromatic carbocycles. The average Bonchev–Trinajstić information content (AvgIpc) is 2.55. The standard InChI is InChI=1S/C8H11NOS/c10-8-6(3-5-11-8)7-2-1-4-9-7/h3,5,7,9-10H,1-2,4H2. The van der Waals surface area contributed by atoms with Gasteiger partial charge in [0.05, 0.1) is 0 Å². The molecular weight excluding hydrogens is 158 g/mol. The predicted octanol–water partition coefficient (Wildman–Crippen LogP) is 1.88. The molecule has 1 fully saturated rings. The van der Waals surface area contributed by atoms with E-state index in [1.165, 1.54) is 17.8 Å². The Labute approximate surface area is 69.9 Å². The summed E-state index contributed by atoms with van der Waals surface area (Å²) >= 11 is 1.41. The second kappa shape index (κ2) is 2.83. The zero-order chi connectivity index (χ0) is 7.68. The summed E-state index contributed by atoms with van der Waals surface area (Å²) in [5.74, 6) is 0. The first kappa shape index (κ1) is 7.13. The first-order chi connectivity index (χ1) is 5.38. The van der Waals surface area contributed by atoms with Crippen molar-refractivity contribution in [3.8, 4) is 5.06 Å². The fourth-order valence-corrected chi connectivity index (χ4v) is 2.22. The van der Waals surface area contributed by atoms with E-state index in [-0.39, 0.29) is 0 Å². The van der Waals surface area contributed by atoms with Gasteiger partial charge in [0, 0.05) is 11.6 Å². The van der Waals surface area contributed by atoms with Gasteiger partial charge in [0.15, 0.2) is 5.06 Å². The van der Waals surface area contributed by atoms with E-state index < -0.39 is 0 Å². The predicted molar refractivity (Wildman–Crippen MR) is 46.0 cm³/mol. The Kier molecular flexibility index (Phi) is 1.84. The lowest BCUT2D eigenvalue weighted by Gasteiger charge is -2.07. The van der Waals surface area contributed by atoms with Gasteiger partial charge in [-0.2, -0.15) is 0 Å². The largest absolute Gasteiger partial charge is 0.499 e. The molecule has 2 N–H and O–H groups in total. The van der Waals surface area contributed by atoms with E-state index in [1.54, 1.807) is 0 Å². The maximum atomic E-state index is 9.39. The molecule has 11 heavy (non-hydrogen) atoms. The molecule has 0 radical (unpaired) electrons. The van der Waals surface area contributed by atoms with E-state index in [4.69, 9.17) is 0 Å². The van der Waals surface area contributed by atoms with Crippen LogP contribution in [0.25, 0.3) is 0 Å². The van der Waals surface area contributed by atoms with Crippen molar-refractivity contribution in [1.29, 1.82) is 0 Å². The average molecular weight is 169 g/mol. The molecule has 3 heteroatoms. The van der Waals surface area contributed by atoms with Gasteiger partial charge in [-0.05, 0) is 30.8 Å². The van der Waals surface area contributed by atoms with Gasteiger partial charge in [-0.25, -0.2) is 0 Å². The van der Waals surface area contributed by atoms with E-state index in [9.17, 15) is 5.11 Å². The van der Waals surface area contributed by atoms with Gasteiger partial charge in [-0.1, -0.05) is 0 Å². The summed E-state index contributed by atoms with van der Waals surface area (Å²) in [6.07, 6.45) is 2.38. The molecule has 0 spiro atoms. The molecule has 1 unspecified atom stereocenters. The number of rotatable bonds is 1. The summed E-state index contributed by atoms with van der Waals surface area (Å²) in [5, 5.41) is 15.1. The van der Waals surface area contributed by atoms with Crippen LogP contribution in [0, 0.1) is 0 Å². The highest BCUT2D eigenvalue weighted by Crippen LogP contribution is 2.33. The van der Waals surface area contributed by atoms with Crippen molar-refractivity contribution in [3.63, 3.8) is 0 Å². The molecule has 1 aliphatic heterocycles. The maximum Gasteiger partial charge on any atom is 0.175 e. The molecule has 2 nitrogen and oxygen atoms in total. The van der Waals surface area contributed by atoms with Crippen LogP contribution in [0.3, 0.4) is 0 Å². The first-order valence-corrected chi connectivity index (χ1v) is 4.75. The van der Waals surface area contributed by atoms with Gasteiger partial charge in [0.25, 0.3) is 0 Å². The van der Waals surface area contributed by atoms with Crippen LogP contribution in [-0.2, 0) is 0 Å². The van der Waals surface area contributed by atoms with E-state index in [1.807, 2.05) is 11.4 Å². The van der Waals surface area contributed by atoms with Crippen LogP contribution in [0.15, 0.2) is 11.4 Å². The second-order valence-corrected chi connectivity index (χ2v) is 3.72. The Morgan fingerprint density at radius 3 is 3.09 bits per heavy atom. The lowest BCUT2D eigenvalue weighted by atomic mass is 10.1. The van der Waals surface area contributed by atoms with Gasteiger partial charge in [0.1, 0.15) is 0 Å². The van der Waals surface area contributed by atoms with Crippen molar-refractivity contribution < 1.29 is 5.11 Å². The summed E-state index contributed by atoms with van der Waals surface area (Å²) in [5.41, 5.74) is 1.08. The molecule has 1 atom stereocenters. The van der Waals surface area contributed by atoms with Crippen molar-refractivity contribution in [3.05, 3.63) is 17.0 Å². The SMILES string of the molecule is Oc1sccc1C1CCCN1. The van der Waals surface area contributed by atoms with Crippen molar-refractivity contribution >= 4 is 11.3 Å². The number of hydrogen-bond acceptors (Lipinski definition) is 3. The molecule has 0 saturated carbocycles. The lowest BCUT2D eigenvalue weighted by molar-refractivity contribution is 0.473. The highest BCUT2D eigenvalue weighted by atomic mass is 32.1. The molecule has 2 heterocycles. The minimum atomic E-state index is 0.404. The van der Waals surface area contributed by atoms with Gasteiger partial charge < -0.3 is 10.4 Å². The summed E-state index contributed by atoms with van der Waals surface area (Å²) < 4.78 is 0. The van der Waals surface area contributed by atoms with Crippen LogP contribution in [0.1, 0.15) is 24.4 Å². The van der Waals surface area contributed by atoms with Crippen molar-refractivity contribution in [1.82, 2.24) is 5.32 Å². The first-order valence-electron chi connectivity index (χ1n) is 3.87. The molecule has 0 amide bonds. The van der Waals surface area contributed by atoms with Crippen molar-refractivity contribution in [2.45, 2.75) is 18.9 Å². The third-order valence-corrected chi connectivity index (χ3v) is 2.84. The number of nitrogens with one attached hydrogen (secondary N) is 1.